The Labute approximate surface area is 144 Å². The van der Waals surface area contributed by atoms with Crippen molar-refractivity contribution in [3.63, 3.8) is 0 Å². The number of benzene rings is 1. The molecule has 1 heterocycles. The van der Waals surface area contributed by atoms with Gasteiger partial charge in [0, 0.05) is 41.9 Å². The van der Waals surface area contributed by atoms with Crippen LogP contribution >= 0.6 is 11.8 Å². The second kappa shape index (κ2) is 8.48. The number of anilines is 1. The number of piperidine rings is 1. The van der Waals surface area contributed by atoms with Gasteiger partial charge in [-0.3, -0.25) is 0 Å². The summed E-state index contributed by atoms with van der Waals surface area (Å²) in [6, 6.07) is 10.8. The first-order valence-electron chi connectivity index (χ1n) is 8.42. The molecule has 1 aliphatic heterocycles. The van der Waals surface area contributed by atoms with Crippen molar-refractivity contribution in [3.8, 4) is 0 Å². The first-order valence-corrected chi connectivity index (χ1v) is 9.41. The number of nitrogens with zero attached hydrogens (tertiary/aromatic N) is 1. The van der Waals surface area contributed by atoms with Crippen LogP contribution in [0.4, 0.5) is 10.5 Å². The van der Waals surface area contributed by atoms with Gasteiger partial charge in [0.05, 0.1) is 0 Å². The Morgan fingerprint density at radius 3 is 2.48 bits per heavy atom. The van der Waals surface area contributed by atoms with Crippen LogP contribution in [0.3, 0.4) is 0 Å². The predicted molar refractivity (Wildman–Crippen MR) is 100 cm³/mol. The summed E-state index contributed by atoms with van der Waals surface area (Å²) >= 11 is 1.88. The summed E-state index contributed by atoms with van der Waals surface area (Å²) in [5.41, 5.74) is 1.16. The summed E-state index contributed by atoms with van der Waals surface area (Å²) in [6.07, 6.45) is 2.00. The molecule has 0 bridgehead atoms. The molecule has 1 aromatic carbocycles. The normalized spacial score (nSPS) is 16.2. The molecule has 0 spiro atoms. The van der Waals surface area contributed by atoms with Crippen molar-refractivity contribution in [1.82, 2.24) is 10.2 Å². The first kappa shape index (κ1) is 18.0. The van der Waals surface area contributed by atoms with Crippen LogP contribution in [0.25, 0.3) is 0 Å². The van der Waals surface area contributed by atoms with Gasteiger partial charge in [0.2, 0.25) is 0 Å². The number of carbonyl (C=O) groups excluding carboxylic acids is 1. The van der Waals surface area contributed by atoms with Gasteiger partial charge in [0.25, 0.3) is 0 Å². The lowest BCUT2D eigenvalue weighted by molar-refractivity contribution is 0.184. The molecule has 1 fully saturated rings. The molecule has 2 amide bonds. The van der Waals surface area contributed by atoms with Crippen molar-refractivity contribution >= 4 is 23.5 Å². The Morgan fingerprint density at radius 1 is 1.22 bits per heavy atom. The van der Waals surface area contributed by atoms with Gasteiger partial charge < -0.3 is 15.5 Å². The Balaban J connectivity index is 1.64. The minimum Gasteiger partial charge on any atom is -0.382 e. The highest BCUT2D eigenvalue weighted by Crippen LogP contribution is 2.22. The Morgan fingerprint density at radius 2 is 1.87 bits per heavy atom. The molecule has 1 aliphatic rings. The molecule has 5 heteroatoms. The van der Waals surface area contributed by atoms with Gasteiger partial charge in [0.1, 0.15) is 0 Å². The number of carbonyl (C=O) groups is 1. The SMILES string of the molecule is CC(C)(C)SCCNC(=O)N1CCC(Nc2ccccc2)CC1. The number of urea groups is 1. The average molecular weight is 336 g/mol. The number of hydrogen-bond acceptors (Lipinski definition) is 3. The third-order valence-corrected chi connectivity index (χ3v) is 5.11. The minimum absolute atomic E-state index is 0.0812. The van der Waals surface area contributed by atoms with Gasteiger partial charge in [-0.05, 0) is 25.0 Å². The van der Waals surface area contributed by atoms with Crippen LogP contribution in [0.15, 0.2) is 30.3 Å². The van der Waals surface area contributed by atoms with Gasteiger partial charge in [-0.1, -0.05) is 39.0 Å². The van der Waals surface area contributed by atoms with Crippen LogP contribution in [0, 0.1) is 0 Å². The monoisotopic (exact) mass is 335 g/mol. The highest BCUT2D eigenvalue weighted by atomic mass is 32.2. The lowest BCUT2D eigenvalue weighted by Gasteiger charge is -2.33. The molecule has 128 valence electrons. The van der Waals surface area contributed by atoms with Gasteiger partial charge >= 0.3 is 6.03 Å². The maximum Gasteiger partial charge on any atom is 0.317 e. The Kier molecular flexibility index (Phi) is 6.63. The number of amides is 2. The Bertz CT molecular complexity index is 479. The molecule has 4 nitrogen and oxygen atoms in total. The van der Waals surface area contributed by atoms with E-state index in [9.17, 15) is 4.79 Å². The number of nitrogens with one attached hydrogen (secondary N) is 2. The van der Waals surface area contributed by atoms with E-state index in [0.717, 1.165) is 43.9 Å². The summed E-state index contributed by atoms with van der Waals surface area (Å²) in [7, 11) is 0. The fraction of sp³-hybridized carbons (Fsp3) is 0.611. The second-order valence-electron chi connectivity index (χ2n) is 6.96. The van der Waals surface area contributed by atoms with E-state index < -0.39 is 0 Å². The molecule has 2 N–H and O–H groups in total. The van der Waals surface area contributed by atoms with Gasteiger partial charge in [0.15, 0.2) is 0 Å². The smallest absolute Gasteiger partial charge is 0.317 e. The van der Waals surface area contributed by atoms with E-state index in [1.165, 1.54) is 0 Å². The predicted octanol–water partition coefficient (Wildman–Crippen LogP) is 3.80. The molecule has 0 atom stereocenters. The van der Waals surface area contributed by atoms with E-state index in [2.05, 4.69) is 43.5 Å². The number of hydrogen-bond donors (Lipinski definition) is 2. The molecule has 0 saturated carbocycles. The molecule has 0 aromatic heterocycles. The van der Waals surface area contributed by atoms with Crippen molar-refractivity contribution in [2.24, 2.45) is 0 Å². The van der Waals surface area contributed by atoms with E-state index in [-0.39, 0.29) is 10.8 Å². The minimum atomic E-state index is 0.0812. The average Bonchev–Trinajstić information content (AvgIpc) is 2.52. The summed E-state index contributed by atoms with van der Waals surface area (Å²) in [5, 5.41) is 6.58. The lowest BCUT2D eigenvalue weighted by Crippen LogP contribution is -2.47. The van der Waals surface area contributed by atoms with Gasteiger partial charge in [-0.15, -0.1) is 0 Å². The highest BCUT2D eigenvalue weighted by molar-refractivity contribution is 8.00. The van der Waals surface area contributed by atoms with E-state index in [1.807, 2.05) is 34.9 Å². The van der Waals surface area contributed by atoms with Crippen LogP contribution in [-0.2, 0) is 0 Å². The van der Waals surface area contributed by atoms with Crippen molar-refractivity contribution in [1.29, 1.82) is 0 Å². The number of rotatable bonds is 5. The summed E-state index contributed by atoms with van der Waals surface area (Å²) < 4.78 is 0.256. The highest BCUT2D eigenvalue weighted by Gasteiger charge is 2.22. The fourth-order valence-electron chi connectivity index (χ4n) is 2.62. The maximum absolute atomic E-state index is 12.2. The molecule has 23 heavy (non-hydrogen) atoms. The molecular formula is C18H29N3OS. The standard InChI is InChI=1S/C18H29N3OS/c1-18(2,3)23-14-11-19-17(22)21-12-9-16(10-13-21)20-15-7-5-4-6-8-15/h4-8,16,20H,9-14H2,1-3H3,(H,19,22). The number of likely N-dealkylation sites (tertiary alicyclic amines) is 1. The Hall–Kier alpha value is -1.36. The van der Waals surface area contributed by atoms with Crippen molar-refractivity contribution in [2.45, 2.75) is 44.4 Å². The van der Waals surface area contributed by atoms with Crippen LogP contribution < -0.4 is 10.6 Å². The molecule has 1 aromatic rings. The molecule has 0 aliphatic carbocycles. The zero-order valence-corrected chi connectivity index (χ0v) is 15.3. The summed E-state index contributed by atoms with van der Waals surface area (Å²) in [5.74, 6) is 0.960. The van der Waals surface area contributed by atoms with Crippen molar-refractivity contribution in [3.05, 3.63) is 30.3 Å². The van der Waals surface area contributed by atoms with E-state index in [0.29, 0.717) is 6.04 Å². The number of thioether (sulfide) groups is 1. The molecule has 2 rings (SSSR count). The molecule has 0 unspecified atom stereocenters. The van der Waals surface area contributed by atoms with Gasteiger partial charge in [-0.2, -0.15) is 11.8 Å². The fourth-order valence-corrected chi connectivity index (χ4v) is 3.44. The quantitative estimate of drug-likeness (QED) is 0.804. The zero-order valence-electron chi connectivity index (χ0n) is 14.5. The topological polar surface area (TPSA) is 44.4 Å². The van der Waals surface area contributed by atoms with E-state index >= 15 is 0 Å². The van der Waals surface area contributed by atoms with E-state index in [4.69, 9.17) is 0 Å². The lowest BCUT2D eigenvalue weighted by atomic mass is 10.0. The molecule has 1 saturated heterocycles. The summed E-state index contributed by atoms with van der Waals surface area (Å²) in [6.45, 7) is 8.98. The zero-order chi connectivity index (χ0) is 16.7. The third-order valence-electron chi connectivity index (χ3n) is 3.84. The van der Waals surface area contributed by atoms with Crippen molar-refractivity contribution < 1.29 is 4.79 Å². The second-order valence-corrected chi connectivity index (χ2v) is 8.89. The number of para-hydroxylation sites is 1. The van der Waals surface area contributed by atoms with Crippen molar-refractivity contribution in [2.75, 3.05) is 30.7 Å². The molecule has 0 radical (unpaired) electrons. The first-order chi connectivity index (χ1) is 10.9. The van der Waals surface area contributed by atoms with Crippen LogP contribution in [0.1, 0.15) is 33.6 Å². The summed E-state index contributed by atoms with van der Waals surface area (Å²) in [4.78, 5) is 14.1. The van der Waals surface area contributed by atoms with Crippen LogP contribution in [0.5, 0.6) is 0 Å². The maximum atomic E-state index is 12.2. The van der Waals surface area contributed by atoms with Crippen LogP contribution in [0.2, 0.25) is 0 Å². The molecular weight excluding hydrogens is 306 g/mol. The van der Waals surface area contributed by atoms with Gasteiger partial charge in [-0.25, -0.2) is 4.79 Å². The third kappa shape index (κ3) is 6.73. The van der Waals surface area contributed by atoms with Crippen LogP contribution in [-0.4, -0.2) is 47.1 Å². The largest absolute Gasteiger partial charge is 0.382 e. The van der Waals surface area contributed by atoms with E-state index in [1.54, 1.807) is 0 Å².